The van der Waals surface area contributed by atoms with Crippen LogP contribution in [-0.4, -0.2) is 16.0 Å². The zero-order chi connectivity index (χ0) is 17.9. The first-order chi connectivity index (χ1) is 11.2. The Kier molecular flexibility index (Phi) is 4.63. The molecule has 124 valence electrons. The van der Waals surface area contributed by atoms with Crippen molar-refractivity contribution in [3.8, 4) is 0 Å². The molecule has 0 aliphatic heterocycles. The van der Waals surface area contributed by atoms with Crippen molar-refractivity contribution in [2.24, 2.45) is 0 Å². The summed E-state index contributed by atoms with van der Waals surface area (Å²) in [5.41, 5.74) is -2.98. The van der Waals surface area contributed by atoms with Gasteiger partial charge in [0.1, 0.15) is 0 Å². The van der Waals surface area contributed by atoms with Crippen molar-refractivity contribution in [1.82, 2.24) is 0 Å². The molecule has 2 aromatic rings. The van der Waals surface area contributed by atoms with Crippen molar-refractivity contribution in [3.63, 3.8) is 0 Å². The van der Waals surface area contributed by atoms with Crippen LogP contribution in [0.3, 0.4) is 0 Å². The van der Waals surface area contributed by atoms with Gasteiger partial charge in [-0.05, 0) is 17.7 Å². The van der Waals surface area contributed by atoms with Gasteiger partial charge >= 0.3 is 6.18 Å². The van der Waals surface area contributed by atoms with Crippen LogP contribution in [0.15, 0.2) is 48.5 Å². The quantitative estimate of drug-likeness (QED) is 0.463. The molecule has 2 aromatic carbocycles. The van der Waals surface area contributed by atoms with E-state index in [4.69, 9.17) is 0 Å². The summed E-state index contributed by atoms with van der Waals surface area (Å²) in [7, 11) is 0. The van der Waals surface area contributed by atoms with Crippen LogP contribution < -0.4 is 0 Å². The van der Waals surface area contributed by atoms with E-state index in [0.29, 0.717) is 12.1 Å². The van der Waals surface area contributed by atoms with Crippen LogP contribution in [0.1, 0.15) is 11.1 Å². The van der Waals surface area contributed by atoms with Crippen LogP contribution in [0, 0.1) is 20.2 Å². The van der Waals surface area contributed by atoms with E-state index in [1.165, 1.54) is 30.3 Å². The smallest absolute Gasteiger partial charge is 0.258 e. The van der Waals surface area contributed by atoms with E-state index in [1.54, 1.807) is 0 Å². The van der Waals surface area contributed by atoms with Gasteiger partial charge < -0.3 is 0 Å². The lowest BCUT2D eigenvalue weighted by Crippen LogP contribution is -2.10. The summed E-state index contributed by atoms with van der Waals surface area (Å²) in [4.78, 5) is 19.9. The number of nitrogens with zero attached hydrogens (tertiary/aromatic N) is 2. The van der Waals surface area contributed by atoms with Crippen LogP contribution >= 0.6 is 0 Å². The Morgan fingerprint density at radius 2 is 1.58 bits per heavy atom. The molecule has 24 heavy (non-hydrogen) atoms. The number of non-ortho nitro benzene ring substituents is 1. The van der Waals surface area contributed by atoms with Gasteiger partial charge in [0.15, 0.2) is 0 Å². The Labute approximate surface area is 133 Å². The average molecular weight is 338 g/mol. The summed E-state index contributed by atoms with van der Waals surface area (Å²) < 4.78 is 39.9. The molecule has 0 unspecified atom stereocenters. The maximum absolute atomic E-state index is 13.3. The zero-order valence-electron chi connectivity index (χ0n) is 11.9. The lowest BCUT2D eigenvalue weighted by molar-refractivity contribution is -0.394. The molecule has 0 aliphatic carbocycles. The first-order valence-corrected chi connectivity index (χ1v) is 6.47. The predicted octanol–water partition coefficient (Wildman–Crippen LogP) is 4.61. The molecule has 0 spiro atoms. The van der Waals surface area contributed by atoms with Crippen LogP contribution in [-0.2, 0) is 0 Å². The largest absolute Gasteiger partial charge is 0.417 e. The number of alkyl halides is 3. The summed E-state index contributed by atoms with van der Waals surface area (Å²) >= 11 is 0. The topological polar surface area (TPSA) is 86.3 Å². The fraction of sp³-hybridized carbons (Fsp3) is 0.0667. The number of hydrogen-bond donors (Lipinski definition) is 0. The van der Waals surface area contributed by atoms with E-state index in [2.05, 4.69) is 0 Å². The minimum absolute atomic E-state index is 0.169. The normalized spacial score (nSPS) is 12.0. The van der Waals surface area contributed by atoms with E-state index in [-0.39, 0.29) is 11.1 Å². The van der Waals surface area contributed by atoms with Gasteiger partial charge in [-0.2, -0.15) is 13.2 Å². The third-order valence-electron chi connectivity index (χ3n) is 3.11. The highest BCUT2D eigenvalue weighted by molar-refractivity contribution is 5.86. The monoisotopic (exact) mass is 338 g/mol. The van der Waals surface area contributed by atoms with Gasteiger partial charge in [-0.1, -0.05) is 30.3 Å². The zero-order valence-corrected chi connectivity index (χ0v) is 11.9. The number of rotatable bonds is 4. The Bertz CT molecular complexity index is 817. The predicted molar refractivity (Wildman–Crippen MR) is 80.1 cm³/mol. The Morgan fingerprint density at radius 1 is 0.958 bits per heavy atom. The molecule has 6 nitrogen and oxygen atoms in total. The molecule has 0 aromatic heterocycles. The van der Waals surface area contributed by atoms with Gasteiger partial charge in [-0.3, -0.25) is 20.2 Å². The number of nitro groups is 2. The number of halogens is 3. The molecule has 0 saturated heterocycles. The first-order valence-electron chi connectivity index (χ1n) is 6.47. The highest BCUT2D eigenvalue weighted by Gasteiger charge is 2.35. The molecular weight excluding hydrogens is 329 g/mol. The molecular formula is C15H9F3N2O4. The minimum Gasteiger partial charge on any atom is -0.258 e. The van der Waals surface area contributed by atoms with E-state index in [9.17, 15) is 33.4 Å². The average Bonchev–Trinajstić information content (AvgIpc) is 2.52. The second kappa shape index (κ2) is 6.49. The summed E-state index contributed by atoms with van der Waals surface area (Å²) in [6.07, 6.45) is -4.14. The summed E-state index contributed by atoms with van der Waals surface area (Å²) in [5.74, 6) is 0. The van der Waals surface area contributed by atoms with Gasteiger partial charge in [0.2, 0.25) is 0 Å². The SMILES string of the molecule is O=[N+]([O-])c1ccc(C=C(c2ccccc2)C(F)(F)F)c([N+](=O)[O-])c1. The number of benzene rings is 2. The maximum Gasteiger partial charge on any atom is 0.417 e. The van der Waals surface area contributed by atoms with E-state index >= 15 is 0 Å². The number of hydrogen-bond acceptors (Lipinski definition) is 4. The van der Waals surface area contributed by atoms with Crippen molar-refractivity contribution in [1.29, 1.82) is 0 Å². The highest BCUT2D eigenvalue weighted by atomic mass is 19.4. The Balaban J connectivity index is 2.66. The lowest BCUT2D eigenvalue weighted by atomic mass is 10.0. The van der Waals surface area contributed by atoms with Gasteiger partial charge in [0.25, 0.3) is 11.4 Å². The fourth-order valence-electron chi connectivity index (χ4n) is 2.03. The van der Waals surface area contributed by atoms with E-state index in [0.717, 1.165) is 12.1 Å². The number of allylic oxidation sites excluding steroid dienone is 1. The van der Waals surface area contributed by atoms with Crippen LogP contribution in [0.5, 0.6) is 0 Å². The van der Waals surface area contributed by atoms with Gasteiger partial charge in [-0.15, -0.1) is 0 Å². The molecule has 0 radical (unpaired) electrons. The molecule has 0 saturated carbocycles. The van der Waals surface area contributed by atoms with Crippen molar-refractivity contribution >= 4 is 23.0 Å². The van der Waals surface area contributed by atoms with E-state index in [1.807, 2.05) is 0 Å². The van der Waals surface area contributed by atoms with Gasteiger partial charge in [0.05, 0.1) is 27.0 Å². The molecule has 0 amide bonds. The molecule has 0 atom stereocenters. The van der Waals surface area contributed by atoms with E-state index < -0.39 is 33.0 Å². The van der Waals surface area contributed by atoms with Crippen molar-refractivity contribution in [2.45, 2.75) is 6.18 Å². The fourth-order valence-corrected chi connectivity index (χ4v) is 2.03. The van der Waals surface area contributed by atoms with Gasteiger partial charge in [0, 0.05) is 6.07 Å². The molecule has 2 rings (SSSR count). The van der Waals surface area contributed by atoms with Crippen molar-refractivity contribution < 1.29 is 23.0 Å². The molecule has 9 heteroatoms. The number of nitro benzene ring substituents is 2. The van der Waals surface area contributed by atoms with Crippen LogP contribution in [0.25, 0.3) is 11.6 Å². The van der Waals surface area contributed by atoms with Crippen LogP contribution in [0.2, 0.25) is 0 Å². The van der Waals surface area contributed by atoms with Gasteiger partial charge in [-0.25, -0.2) is 0 Å². The Morgan fingerprint density at radius 3 is 2.08 bits per heavy atom. The third-order valence-corrected chi connectivity index (χ3v) is 3.11. The molecule has 0 aliphatic rings. The summed E-state index contributed by atoms with van der Waals surface area (Å²) in [6, 6.07) is 9.24. The lowest BCUT2D eigenvalue weighted by Gasteiger charge is -2.12. The second-order valence-electron chi connectivity index (χ2n) is 4.68. The third kappa shape index (κ3) is 3.75. The second-order valence-corrected chi connectivity index (χ2v) is 4.68. The summed E-state index contributed by atoms with van der Waals surface area (Å²) in [5, 5.41) is 21.7. The molecule has 0 fully saturated rings. The summed E-state index contributed by atoms with van der Waals surface area (Å²) in [6.45, 7) is 0. The Hall–Kier alpha value is -3.23. The minimum atomic E-state index is -4.75. The molecule has 0 N–H and O–H groups in total. The van der Waals surface area contributed by atoms with Crippen LogP contribution in [0.4, 0.5) is 24.5 Å². The van der Waals surface area contributed by atoms with Crippen molar-refractivity contribution in [2.75, 3.05) is 0 Å². The molecule has 0 heterocycles. The first kappa shape index (κ1) is 17.1. The standard InChI is InChI=1S/C15H9F3N2O4/c16-15(17,18)13(10-4-2-1-3-5-10)8-11-6-7-12(19(21)22)9-14(11)20(23)24/h1-9H. The van der Waals surface area contributed by atoms with Crippen molar-refractivity contribution in [3.05, 3.63) is 79.9 Å². The maximum atomic E-state index is 13.3. The highest BCUT2D eigenvalue weighted by Crippen LogP contribution is 2.37. The molecule has 0 bridgehead atoms.